The van der Waals surface area contributed by atoms with Crippen molar-refractivity contribution in [1.82, 2.24) is 0 Å². The van der Waals surface area contributed by atoms with Crippen molar-refractivity contribution in [2.75, 3.05) is 0 Å². The number of aliphatic hydroxyl groups is 1. The van der Waals surface area contributed by atoms with E-state index in [9.17, 15) is 9.90 Å². The first-order valence-corrected chi connectivity index (χ1v) is 6.69. The Bertz CT molecular complexity index is 543. The van der Waals surface area contributed by atoms with Crippen LogP contribution in [0, 0.1) is 5.41 Å². The highest BCUT2D eigenvalue weighted by molar-refractivity contribution is 9.12. The van der Waals surface area contributed by atoms with Gasteiger partial charge in [0.05, 0.1) is 0 Å². The van der Waals surface area contributed by atoms with Crippen LogP contribution in [0.5, 0.6) is 0 Å². The third-order valence-corrected chi connectivity index (χ3v) is 5.68. The van der Waals surface area contributed by atoms with Gasteiger partial charge in [0, 0.05) is 15.5 Å². The molecule has 0 amide bonds. The lowest BCUT2D eigenvalue weighted by Gasteiger charge is -2.38. The number of carbonyl (C=O) groups excluding carboxylic acids is 1. The summed E-state index contributed by atoms with van der Waals surface area (Å²) in [7, 11) is 0. The molecule has 3 heteroatoms. The molecule has 0 radical (unpaired) electrons. The predicted molar refractivity (Wildman–Crippen MR) is 69.7 cm³/mol. The number of Topliss-reactive ketones (excluding diaryl/α,β-unsaturated/α-hetero) is 1. The van der Waals surface area contributed by atoms with Gasteiger partial charge in [-0.25, -0.2) is 0 Å². The SMILES string of the molecule is CC1=C(Br)C2=C(C)C3(CC3)C(C)(O)C(=O)C2=C1. The van der Waals surface area contributed by atoms with E-state index < -0.39 is 5.60 Å². The summed E-state index contributed by atoms with van der Waals surface area (Å²) in [5.74, 6) is -0.121. The molecule has 0 aromatic rings. The van der Waals surface area contributed by atoms with Gasteiger partial charge in [0.1, 0.15) is 5.60 Å². The van der Waals surface area contributed by atoms with E-state index >= 15 is 0 Å². The van der Waals surface area contributed by atoms with E-state index in [-0.39, 0.29) is 11.2 Å². The molecule has 0 aromatic carbocycles. The number of ketones is 1. The fourth-order valence-electron chi connectivity index (χ4n) is 3.28. The Morgan fingerprint density at radius 1 is 1.35 bits per heavy atom. The molecule has 3 rings (SSSR count). The summed E-state index contributed by atoms with van der Waals surface area (Å²) in [4.78, 5) is 12.4. The first kappa shape index (κ1) is 11.4. The van der Waals surface area contributed by atoms with Crippen LogP contribution in [-0.2, 0) is 4.79 Å². The molecule has 1 spiro atoms. The van der Waals surface area contributed by atoms with Crippen LogP contribution in [0.25, 0.3) is 0 Å². The van der Waals surface area contributed by atoms with Gasteiger partial charge in [-0.05, 0) is 66.8 Å². The van der Waals surface area contributed by atoms with E-state index in [4.69, 9.17) is 0 Å². The van der Waals surface area contributed by atoms with Crippen LogP contribution in [0.1, 0.15) is 33.6 Å². The molecule has 0 bridgehead atoms. The maximum absolute atomic E-state index is 12.4. The molecule has 1 unspecified atom stereocenters. The first-order chi connectivity index (χ1) is 7.83. The molecule has 3 aliphatic carbocycles. The highest BCUT2D eigenvalue weighted by atomic mass is 79.9. The minimum absolute atomic E-state index is 0.121. The molecule has 0 aliphatic heterocycles. The van der Waals surface area contributed by atoms with Gasteiger partial charge in [-0.15, -0.1) is 0 Å². The van der Waals surface area contributed by atoms with Crippen LogP contribution < -0.4 is 0 Å². The second kappa shape index (κ2) is 3.01. The molecule has 17 heavy (non-hydrogen) atoms. The number of carbonyl (C=O) groups is 1. The third-order valence-electron chi connectivity index (χ3n) is 4.66. The van der Waals surface area contributed by atoms with Crippen molar-refractivity contribution in [2.45, 2.75) is 39.2 Å². The summed E-state index contributed by atoms with van der Waals surface area (Å²) in [6, 6.07) is 0. The van der Waals surface area contributed by atoms with Crippen molar-refractivity contribution in [3.05, 3.63) is 32.9 Å². The Balaban J connectivity index is 2.31. The molecule has 2 nitrogen and oxygen atoms in total. The number of halogens is 1. The average Bonchev–Trinajstić information content (AvgIpc) is 3.01. The molecule has 0 saturated heterocycles. The van der Waals surface area contributed by atoms with E-state index in [0.29, 0.717) is 5.57 Å². The van der Waals surface area contributed by atoms with Gasteiger partial charge in [0.25, 0.3) is 0 Å². The van der Waals surface area contributed by atoms with Gasteiger partial charge in [-0.1, -0.05) is 5.57 Å². The van der Waals surface area contributed by atoms with Crippen LogP contribution in [0.2, 0.25) is 0 Å². The van der Waals surface area contributed by atoms with Crippen LogP contribution >= 0.6 is 15.9 Å². The quantitative estimate of drug-likeness (QED) is 0.746. The van der Waals surface area contributed by atoms with Gasteiger partial charge in [0.2, 0.25) is 0 Å². The van der Waals surface area contributed by atoms with E-state index in [1.54, 1.807) is 6.92 Å². The Morgan fingerprint density at radius 3 is 2.47 bits per heavy atom. The minimum atomic E-state index is -1.23. The normalized spacial score (nSPS) is 34.4. The summed E-state index contributed by atoms with van der Waals surface area (Å²) < 4.78 is 1.01. The topological polar surface area (TPSA) is 37.3 Å². The smallest absolute Gasteiger partial charge is 0.195 e. The molecular formula is C14H15BrO2. The number of fused-ring (bicyclic) bond motifs is 1. The minimum Gasteiger partial charge on any atom is -0.381 e. The number of rotatable bonds is 0. The average molecular weight is 295 g/mol. The molecule has 1 fully saturated rings. The van der Waals surface area contributed by atoms with Gasteiger partial charge in [0.15, 0.2) is 5.78 Å². The molecule has 3 aliphatic rings. The van der Waals surface area contributed by atoms with Crippen molar-refractivity contribution < 1.29 is 9.90 Å². The lowest BCUT2D eigenvalue weighted by atomic mass is 9.68. The molecule has 0 aromatic heterocycles. The Hall–Kier alpha value is -0.670. The van der Waals surface area contributed by atoms with Crippen LogP contribution in [0.3, 0.4) is 0 Å². The Kier molecular flexibility index (Phi) is 2.02. The fraction of sp³-hybridized carbons (Fsp3) is 0.500. The molecule has 90 valence electrons. The Morgan fingerprint density at radius 2 is 1.94 bits per heavy atom. The molecular weight excluding hydrogens is 280 g/mol. The van der Waals surface area contributed by atoms with E-state index in [2.05, 4.69) is 22.9 Å². The highest BCUT2D eigenvalue weighted by Gasteiger charge is 2.64. The lowest BCUT2D eigenvalue weighted by Crippen LogP contribution is -2.49. The summed E-state index contributed by atoms with van der Waals surface area (Å²) in [5, 5.41) is 10.6. The summed E-state index contributed by atoms with van der Waals surface area (Å²) in [6.07, 6.45) is 3.70. The zero-order chi connectivity index (χ0) is 12.6. The number of hydrogen-bond acceptors (Lipinski definition) is 2. The zero-order valence-electron chi connectivity index (χ0n) is 10.2. The fourth-order valence-corrected chi connectivity index (χ4v) is 3.91. The van der Waals surface area contributed by atoms with E-state index in [1.165, 1.54) is 0 Å². The maximum atomic E-state index is 12.4. The largest absolute Gasteiger partial charge is 0.381 e. The van der Waals surface area contributed by atoms with Crippen molar-refractivity contribution >= 4 is 21.7 Å². The molecule has 0 heterocycles. The van der Waals surface area contributed by atoms with E-state index in [0.717, 1.165) is 34.0 Å². The highest BCUT2D eigenvalue weighted by Crippen LogP contribution is 2.65. The van der Waals surface area contributed by atoms with Gasteiger partial charge in [-0.2, -0.15) is 0 Å². The monoisotopic (exact) mass is 294 g/mol. The van der Waals surface area contributed by atoms with Gasteiger partial charge < -0.3 is 5.11 Å². The Labute approximate surface area is 109 Å². The van der Waals surface area contributed by atoms with Crippen molar-refractivity contribution in [2.24, 2.45) is 5.41 Å². The van der Waals surface area contributed by atoms with E-state index in [1.807, 2.05) is 13.0 Å². The lowest BCUT2D eigenvalue weighted by molar-refractivity contribution is -0.137. The molecule has 1 N–H and O–H groups in total. The predicted octanol–water partition coefficient (Wildman–Crippen LogP) is 3.03. The van der Waals surface area contributed by atoms with Crippen LogP contribution in [0.15, 0.2) is 32.9 Å². The summed E-state index contributed by atoms with van der Waals surface area (Å²) in [5.41, 5.74) is 2.39. The zero-order valence-corrected chi connectivity index (χ0v) is 11.8. The summed E-state index contributed by atoms with van der Waals surface area (Å²) >= 11 is 3.57. The first-order valence-electron chi connectivity index (χ1n) is 5.90. The second-order valence-corrected chi connectivity index (χ2v) is 6.33. The molecule has 1 atom stereocenters. The van der Waals surface area contributed by atoms with Gasteiger partial charge >= 0.3 is 0 Å². The number of allylic oxidation sites excluding steroid dienone is 4. The van der Waals surface area contributed by atoms with Crippen molar-refractivity contribution in [3.63, 3.8) is 0 Å². The van der Waals surface area contributed by atoms with Crippen LogP contribution in [-0.4, -0.2) is 16.5 Å². The summed E-state index contributed by atoms with van der Waals surface area (Å²) in [6.45, 7) is 5.71. The van der Waals surface area contributed by atoms with Gasteiger partial charge in [-0.3, -0.25) is 4.79 Å². The molecule has 1 saturated carbocycles. The third kappa shape index (κ3) is 1.12. The van der Waals surface area contributed by atoms with Crippen LogP contribution in [0.4, 0.5) is 0 Å². The standard InChI is InChI=1S/C14H15BrO2/c1-7-6-9-10(11(7)15)8(2)14(4-5-14)13(3,17)12(9)16/h6,17H,4-5H2,1-3H3. The van der Waals surface area contributed by atoms with Crippen molar-refractivity contribution in [3.8, 4) is 0 Å². The second-order valence-electron chi connectivity index (χ2n) is 5.54. The maximum Gasteiger partial charge on any atom is 0.195 e. The van der Waals surface area contributed by atoms with Crippen molar-refractivity contribution in [1.29, 1.82) is 0 Å². The number of hydrogen-bond donors (Lipinski definition) is 1.